The second-order valence-electron chi connectivity index (χ2n) is 14.6. The fourth-order valence-electron chi connectivity index (χ4n) is 6.40. The molecule has 20 heteroatoms. The van der Waals surface area contributed by atoms with Gasteiger partial charge in [0, 0.05) is 35.3 Å². The molecule has 2 unspecified atom stereocenters. The third-order valence-corrected chi connectivity index (χ3v) is 10.7. The van der Waals surface area contributed by atoms with Crippen LogP contribution in [-0.2, 0) is 32.0 Å². The zero-order valence-corrected chi connectivity index (χ0v) is 40.2. The molecule has 4 N–H and O–H groups in total. The number of ketones is 2. The highest BCUT2D eigenvalue weighted by atomic mass is 35.5. The number of amides is 4. The Bertz CT molecular complexity index is 2570. The Balaban J connectivity index is 1.34. The Labute approximate surface area is 412 Å². The molecule has 0 saturated carbocycles. The van der Waals surface area contributed by atoms with Crippen molar-refractivity contribution in [2.75, 3.05) is 46.2 Å². The third kappa shape index (κ3) is 14.2. The fraction of sp³-hybridized carbons (Fsp3) is 0.250. The number of halogens is 4. The summed E-state index contributed by atoms with van der Waals surface area (Å²) in [5.74, 6) is -3.34. The van der Waals surface area contributed by atoms with E-state index in [4.69, 9.17) is 55.9 Å². The van der Waals surface area contributed by atoms with Crippen molar-refractivity contribution in [1.82, 2.24) is 0 Å². The van der Waals surface area contributed by atoms with Crippen LogP contribution in [0, 0.1) is 0 Å². The first-order valence-electron chi connectivity index (χ1n) is 21.0. The van der Waals surface area contributed by atoms with Gasteiger partial charge in [-0.2, -0.15) is 20.5 Å². The molecule has 5 rings (SSSR count). The number of carbonyl (C=O) groups is 6. The maximum atomic E-state index is 13.7. The van der Waals surface area contributed by atoms with E-state index >= 15 is 0 Å². The molecular weight excluding hydrogens is 958 g/mol. The average molecular weight is 1000 g/mol. The van der Waals surface area contributed by atoms with E-state index in [1.807, 2.05) is 24.3 Å². The molecule has 0 spiro atoms. The molecule has 0 aliphatic rings. The van der Waals surface area contributed by atoms with Gasteiger partial charge < -0.3 is 30.7 Å². The first-order chi connectivity index (χ1) is 32.7. The lowest BCUT2D eigenvalue weighted by molar-refractivity contribution is -0.127. The molecule has 5 aromatic carbocycles. The van der Waals surface area contributed by atoms with Crippen molar-refractivity contribution in [2.24, 2.45) is 20.5 Å². The van der Waals surface area contributed by atoms with Crippen molar-refractivity contribution in [3.05, 3.63) is 129 Å². The average Bonchev–Trinajstić information content (AvgIpc) is 3.30. The van der Waals surface area contributed by atoms with E-state index in [0.717, 1.165) is 25.0 Å². The third-order valence-electron chi connectivity index (χ3n) is 9.69. The number of hydrogen-bond donors (Lipinski definition) is 4. The minimum absolute atomic E-state index is 0.0487. The normalized spacial score (nSPS) is 12.0. The number of hydrogen-bond acceptors (Lipinski definition) is 12. The van der Waals surface area contributed by atoms with E-state index in [1.165, 1.54) is 48.5 Å². The summed E-state index contributed by atoms with van der Waals surface area (Å²) >= 11 is 24.6. The minimum Gasteiger partial charge on any atom is -0.492 e. The van der Waals surface area contributed by atoms with Crippen molar-refractivity contribution in [2.45, 2.75) is 52.6 Å². The predicted molar refractivity (Wildman–Crippen MR) is 265 cm³/mol. The number of benzene rings is 5. The van der Waals surface area contributed by atoms with Gasteiger partial charge in [0.15, 0.2) is 11.6 Å². The van der Waals surface area contributed by atoms with Crippen molar-refractivity contribution < 1.29 is 38.2 Å². The molecular formula is C48H46Cl4N8O8. The molecule has 0 bridgehead atoms. The van der Waals surface area contributed by atoms with Gasteiger partial charge >= 0.3 is 0 Å². The van der Waals surface area contributed by atoms with Gasteiger partial charge in [-0.3, -0.25) is 28.8 Å². The first-order valence-corrected chi connectivity index (χ1v) is 22.9. The van der Waals surface area contributed by atoms with E-state index in [0.29, 0.717) is 36.0 Å². The van der Waals surface area contributed by atoms with Gasteiger partial charge in [-0.05, 0) is 100 Å². The summed E-state index contributed by atoms with van der Waals surface area (Å²) in [7, 11) is 0. The quantitative estimate of drug-likeness (QED) is 0.0296. The van der Waals surface area contributed by atoms with Crippen molar-refractivity contribution >= 4 is 116 Å². The second kappa shape index (κ2) is 25.4. The van der Waals surface area contributed by atoms with Crippen molar-refractivity contribution in [3.8, 4) is 11.5 Å². The highest BCUT2D eigenvalue weighted by molar-refractivity contribution is 6.35. The van der Waals surface area contributed by atoms with Crippen LogP contribution in [0.1, 0.15) is 59.5 Å². The van der Waals surface area contributed by atoms with E-state index in [2.05, 4.69) is 41.7 Å². The number of Topliss-reactive ketones (excluding diaryl/α,β-unsaturated/α-hetero) is 2. The molecule has 16 nitrogen and oxygen atoms in total. The molecule has 0 fully saturated rings. The summed E-state index contributed by atoms with van der Waals surface area (Å²) < 4.78 is 11.6. The number of para-hydroxylation sites is 2. The number of rotatable bonds is 22. The molecule has 0 saturated heterocycles. The summed E-state index contributed by atoms with van der Waals surface area (Å²) in [6, 6.07) is 22.3. The van der Waals surface area contributed by atoms with Gasteiger partial charge in [0.1, 0.15) is 11.5 Å². The van der Waals surface area contributed by atoms with Gasteiger partial charge in [0.2, 0.25) is 12.1 Å². The van der Waals surface area contributed by atoms with E-state index in [-0.39, 0.29) is 68.6 Å². The van der Waals surface area contributed by atoms with Crippen LogP contribution >= 0.6 is 46.4 Å². The van der Waals surface area contributed by atoms with E-state index < -0.39 is 47.3 Å². The first kappa shape index (κ1) is 52.3. The largest absolute Gasteiger partial charge is 0.492 e. The standard InChI is InChI=1S/C48H46Cl4N8O8/c1-5-67-41-25-40(56-48(66)44(28(4)62)60-58-32-16-18-36(52)34(24-32)46(64)54-38-14-10-8-12-30(38)20-22-50)42(68-6-2)26-39(41)55-47(65)43(27(3)61)59-57-31-15-17-35(51)33(23-31)45(63)53-37-13-9-7-11-29(37)19-21-49/h7-18,23-26,43-44H,5-6,19-22H2,1-4H3,(H,53,63)(H,54,64)(H,55,65)(H,56,66). The predicted octanol–water partition coefficient (Wildman–Crippen LogP) is 11.2. The number of anilines is 4. The number of azo groups is 2. The molecule has 0 heterocycles. The van der Waals surface area contributed by atoms with E-state index in [1.54, 1.807) is 38.1 Å². The summed E-state index contributed by atoms with van der Waals surface area (Å²) in [5, 5.41) is 27.4. The smallest absolute Gasteiger partial charge is 0.258 e. The number of carbonyl (C=O) groups excluding carboxylic acids is 6. The maximum Gasteiger partial charge on any atom is 0.258 e. The van der Waals surface area contributed by atoms with Crippen LogP contribution in [0.25, 0.3) is 0 Å². The van der Waals surface area contributed by atoms with Gasteiger partial charge in [-0.15, -0.1) is 23.2 Å². The highest BCUT2D eigenvalue weighted by Crippen LogP contribution is 2.38. The molecule has 5 aromatic rings. The maximum absolute atomic E-state index is 13.7. The number of ether oxygens (including phenoxy) is 2. The lowest BCUT2D eigenvalue weighted by Gasteiger charge is -2.19. The molecule has 2 atom stereocenters. The number of aryl methyl sites for hydroxylation is 2. The van der Waals surface area contributed by atoms with Gasteiger partial charge in [-0.25, -0.2) is 0 Å². The lowest BCUT2D eigenvalue weighted by atomic mass is 10.1. The Morgan fingerprint density at radius 2 is 0.912 bits per heavy atom. The highest BCUT2D eigenvalue weighted by Gasteiger charge is 2.28. The second-order valence-corrected chi connectivity index (χ2v) is 16.1. The van der Waals surface area contributed by atoms with Crippen LogP contribution in [0.5, 0.6) is 11.5 Å². The Kier molecular flexibility index (Phi) is 19.5. The SMILES string of the molecule is CCOc1cc(NC(=O)C(N=Nc2ccc(Cl)c(C(=O)Nc3ccccc3CCCl)c2)C(C)=O)c(OCC)cc1NC(=O)C(N=Nc1ccc(Cl)c(C(=O)Nc2ccccc2CCCl)c1)C(C)=O. The molecule has 0 radical (unpaired) electrons. The van der Waals surface area contributed by atoms with Crippen molar-refractivity contribution in [3.63, 3.8) is 0 Å². The number of alkyl halides is 2. The van der Waals surface area contributed by atoms with Gasteiger partial charge in [0.05, 0.1) is 57.1 Å². The van der Waals surface area contributed by atoms with E-state index in [9.17, 15) is 28.8 Å². The van der Waals surface area contributed by atoms with Crippen LogP contribution < -0.4 is 30.7 Å². The zero-order chi connectivity index (χ0) is 49.3. The van der Waals surface area contributed by atoms with Crippen molar-refractivity contribution in [1.29, 1.82) is 0 Å². The lowest BCUT2D eigenvalue weighted by Crippen LogP contribution is -2.32. The summed E-state index contributed by atoms with van der Waals surface area (Å²) in [4.78, 5) is 79.6. The molecule has 354 valence electrons. The Morgan fingerprint density at radius 1 is 0.529 bits per heavy atom. The molecule has 68 heavy (non-hydrogen) atoms. The minimum atomic E-state index is -1.65. The van der Waals surface area contributed by atoms with Gasteiger partial charge in [0.25, 0.3) is 23.6 Å². The Hall–Kier alpha value is -6.72. The Morgan fingerprint density at radius 3 is 1.26 bits per heavy atom. The zero-order valence-electron chi connectivity index (χ0n) is 37.2. The van der Waals surface area contributed by atoms with Crippen LogP contribution in [0.3, 0.4) is 0 Å². The number of nitrogens with one attached hydrogen (secondary N) is 4. The summed E-state index contributed by atoms with van der Waals surface area (Å²) in [5.41, 5.74) is 3.27. The number of nitrogens with zero attached hydrogens (tertiary/aromatic N) is 4. The topological polar surface area (TPSA) is 218 Å². The fourth-order valence-corrected chi connectivity index (χ4v) is 7.21. The molecule has 4 amide bonds. The van der Waals surface area contributed by atoms with Crippen LogP contribution in [0.4, 0.5) is 34.1 Å². The van der Waals surface area contributed by atoms with Crippen LogP contribution in [0.2, 0.25) is 10.0 Å². The van der Waals surface area contributed by atoms with Gasteiger partial charge in [-0.1, -0.05) is 59.6 Å². The van der Waals surface area contributed by atoms with Crippen LogP contribution in [0.15, 0.2) is 118 Å². The summed E-state index contributed by atoms with van der Waals surface area (Å²) in [6.07, 6.45) is 1.05. The molecule has 0 aliphatic heterocycles. The molecule has 0 aliphatic carbocycles. The summed E-state index contributed by atoms with van der Waals surface area (Å²) in [6.45, 7) is 5.90. The monoisotopic (exact) mass is 1000 g/mol. The molecule has 0 aromatic heterocycles. The van der Waals surface area contributed by atoms with Crippen LogP contribution in [-0.4, -0.2) is 72.3 Å².